The smallest absolute Gasteiger partial charge is 0.456 e. The quantitative estimate of drug-likeness (QED) is 0.666. The number of benzene rings is 1. The number of carboxylic acid groups (broad SMARTS) is 1. The van der Waals surface area contributed by atoms with Crippen molar-refractivity contribution in [2.45, 2.75) is 31.8 Å². The van der Waals surface area contributed by atoms with Crippen molar-refractivity contribution in [3.63, 3.8) is 0 Å². The van der Waals surface area contributed by atoms with Crippen LogP contribution in [0, 0.1) is 0 Å². The first-order chi connectivity index (χ1) is 10.8. The predicted molar refractivity (Wildman–Crippen MR) is 81.9 cm³/mol. The van der Waals surface area contributed by atoms with Gasteiger partial charge in [0.1, 0.15) is 11.8 Å². The van der Waals surface area contributed by atoms with Crippen LogP contribution in [0.5, 0.6) is 5.75 Å². The molecule has 0 spiro atoms. The Morgan fingerprint density at radius 1 is 1.39 bits per heavy atom. The zero-order chi connectivity index (χ0) is 17.0. The summed E-state index contributed by atoms with van der Waals surface area (Å²) < 4.78 is 17.0. The van der Waals surface area contributed by atoms with Crippen molar-refractivity contribution < 1.29 is 28.7 Å². The minimum atomic E-state index is -4.25. The van der Waals surface area contributed by atoms with Crippen LogP contribution in [0.2, 0.25) is 0 Å². The van der Waals surface area contributed by atoms with E-state index in [0.717, 1.165) is 0 Å². The van der Waals surface area contributed by atoms with Crippen molar-refractivity contribution in [1.82, 2.24) is 9.99 Å². The van der Waals surface area contributed by atoms with Crippen molar-refractivity contribution in [2.24, 2.45) is 0 Å². The van der Waals surface area contributed by atoms with E-state index in [1.165, 1.54) is 24.0 Å². The van der Waals surface area contributed by atoms with Crippen molar-refractivity contribution in [3.8, 4) is 5.75 Å². The van der Waals surface area contributed by atoms with Crippen LogP contribution in [0.1, 0.15) is 19.8 Å². The van der Waals surface area contributed by atoms with Gasteiger partial charge in [-0.15, -0.1) is 0 Å². The highest BCUT2D eigenvalue weighted by atomic mass is 31.2. The fraction of sp³-hybridized carbons (Fsp3) is 0.429. The van der Waals surface area contributed by atoms with E-state index in [-0.39, 0.29) is 5.75 Å². The first-order valence-corrected chi connectivity index (χ1v) is 8.76. The number of nitrogens with zero attached hydrogens (tertiary/aromatic N) is 1. The summed E-state index contributed by atoms with van der Waals surface area (Å²) in [4.78, 5) is 34.5. The molecule has 2 rings (SSSR count). The molecule has 0 radical (unpaired) electrons. The third kappa shape index (κ3) is 4.54. The third-order valence-corrected chi connectivity index (χ3v) is 4.69. The van der Waals surface area contributed by atoms with Crippen molar-refractivity contribution in [1.29, 1.82) is 0 Å². The fourth-order valence-electron chi connectivity index (χ4n) is 2.49. The Labute approximate surface area is 133 Å². The number of hydrogen-bond acceptors (Lipinski definition) is 4. The van der Waals surface area contributed by atoms with Gasteiger partial charge in [0.2, 0.25) is 5.91 Å². The summed E-state index contributed by atoms with van der Waals surface area (Å²) in [5.74, 6) is -1.42. The Morgan fingerprint density at radius 2 is 2.04 bits per heavy atom. The number of likely N-dealkylation sites (tertiary alicyclic amines) is 1. The Bertz CT molecular complexity index is 623. The molecular weight excluding hydrogens is 323 g/mol. The molecule has 1 saturated heterocycles. The molecule has 0 aliphatic carbocycles. The van der Waals surface area contributed by atoms with Gasteiger partial charge in [-0.3, -0.25) is 4.79 Å². The molecule has 1 aromatic carbocycles. The summed E-state index contributed by atoms with van der Waals surface area (Å²) in [6.45, 7) is 1.72. The molecule has 0 saturated carbocycles. The molecule has 126 valence electrons. The Hall–Kier alpha value is -1.89. The molecule has 3 N–H and O–H groups in total. The number of nitrogens with one attached hydrogen (secondary N) is 1. The first kappa shape index (κ1) is 17.5. The Morgan fingerprint density at radius 3 is 2.65 bits per heavy atom. The molecule has 1 aliphatic heterocycles. The molecule has 9 heteroatoms. The van der Waals surface area contributed by atoms with Gasteiger partial charge >= 0.3 is 13.7 Å². The van der Waals surface area contributed by atoms with Crippen molar-refractivity contribution in [3.05, 3.63) is 30.3 Å². The number of para-hydroxylation sites is 1. The molecule has 1 unspecified atom stereocenters. The number of carbonyl (C=O) groups excluding carboxylic acids is 1. The SMILES string of the molecule is C[C@H](NP(=O)(O)Oc1ccccc1)C(=O)N1CCC[C@H]1C(=O)O. The molecule has 1 aliphatic rings. The van der Waals surface area contributed by atoms with Gasteiger partial charge in [-0.1, -0.05) is 18.2 Å². The minimum Gasteiger partial charge on any atom is -0.480 e. The summed E-state index contributed by atoms with van der Waals surface area (Å²) in [7, 11) is -4.25. The van der Waals surface area contributed by atoms with Crippen molar-refractivity contribution >= 4 is 19.6 Å². The van der Waals surface area contributed by atoms with Crippen LogP contribution in [0.3, 0.4) is 0 Å². The number of carbonyl (C=O) groups is 2. The van der Waals surface area contributed by atoms with Crippen LogP contribution in [0.25, 0.3) is 0 Å². The van der Waals surface area contributed by atoms with E-state index in [1.807, 2.05) is 0 Å². The van der Waals surface area contributed by atoms with Crippen LogP contribution >= 0.6 is 7.75 Å². The second kappa shape index (κ2) is 7.12. The predicted octanol–water partition coefficient (Wildman–Crippen LogP) is 1.22. The maximum Gasteiger partial charge on any atom is 0.456 e. The largest absolute Gasteiger partial charge is 0.480 e. The van der Waals surface area contributed by atoms with Crippen LogP contribution in [-0.4, -0.2) is 45.4 Å². The van der Waals surface area contributed by atoms with Crippen LogP contribution in [0.15, 0.2) is 30.3 Å². The van der Waals surface area contributed by atoms with Crippen LogP contribution in [-0.2, 0) is 14.2 Å². The molecule has 23 heavy (non-hydrogen) atoms. The van der Waals surface area contributed by atoms with Crippen molar-refractivity contribution in [2.75, 3.05) is 6.54 Å². The Balaban J connectivity index is 2.00. The second-order valence-electron chi connectivity index (χ2n) is 5.30. The van der Waals surface area contributed by atoms with Gasteiger partial charge in [0.15, 0.2) is 0 Å². The summed E-state index contributed by atoms with van der Waals surface area (Å²) in [5, 5.41) is 11.3. The zero-order valence-corrected chi connectivity index (χ0v) is 13.5. The number of hydrogen-bond donors (Lipinski definition) is 3. The normalized spacial score (nSPS) is 21.5. The highest BCUT2D eigenvalue weighted by Crippen LogP contribution is 2.38. The maximum absolute atomic E-state index is 12.3. The molecular formula is C14H19N2O6P. The van der Waals surface area contributed by atoms with Gasteiger partial charge in [0, 0.05) is 6.54 Å². The fourth-order valence-corrected chi connectivity index (χ4v) is 3.55. The molecule has 1 amide bonds. The highest BCUT2D eigenvalue weighted by Gasteiger charge is 2.38. The van der Waals surface area contributed by atoms with E-state index in [1.54, 1.807) is 18.2 Å². The summed E-state index contributed by atoms with van der Waals surface area (Å²) in [5.41, 5.74) is 0. The van der Waals surface area contributed by atoms with E-state index < -0.39 is 31.7 Å². The van der Waals surface area contributed by atoms with Crippen LogP contribution < -0.4 is 9.61 Å². The molecule has 1 heterocycles. The molecule has 1 aromatic rings. The van der Waals surface area contributed by atoms with Gasteiger partial charge in [-0.25, -0.2) is 9.36 Å². The minimum absolute atomic E-state index is 0.190. The lowest BCUT2D eigenvalue weighted by Crippen LogP contribution is -2.48. The maximum atomic E-state index is 12.3. The molecule has 1 fully saturated rings. The second-order valence-corrected chi connectivity index (χ2v) is 6.79. The van der Waals surface area contributed by atoms with Gasteiger partial charge in [-0.05, 0) is 31.9 Å². The first-order valence-electron chi connectivity index (χ1n) is 7.19. The van der Waals surface area contributed by atoms with Gasteiger partial charge in [-0.2, -0.15) is 5.09 Å². The lowest BCUT2D eigenvalue weighted by molar-refractivity contribution is -0.148. The number of aliphatic carboxylic acids is 1. The topological polar surface area (TPSA) is 116 Å². The highest BCUT2D eigenvalue weighted by molar-refractivity contribution is 7.51. The van der Waals surface area contributed by atoms with E-state index in [4.69, 9.17) is 9.63 Å². The van der Waals surface area contributed by atoms with Gasteiger partial charge in [0.05, 0.1) is 6.04 Å². The summed E-state index contributed by atoms with van der Waals surface area (Å²) in [6, 6.07) is 6.11. The average Bonchev–Trinajstić information content (AvgIpc) is 2.95. The molecule has 8 nitrogen and oxygen atoms in total. The van der Waals surface area contributed by atoms with Gasteiger partial charge < -0.3 is 19.4 Å². The van der Waals surface area contributed by atoms with Gasteiger partial charge in [0.25, 0.3) is 0 Å². The monoisotopic (exact) mass is 342 g/mol. The molecule has 0 aromatic heterocycles. The number of carboxylic acids is 1. The van der Waals surface area contributed by atoms with E-state index >= 15 is 0 Å². The van der Waals surface area contributed by atoms with Crippen LogP contribution in [0.4, 0.5) is 0 Å². The Kier molecular flexibility index (Phi) is 5.41. The van der Waals surface area contributed by atoms with E-state index in [9.17, 15) is 19.0 Å². The lowest BCUT2D eigenvalue weighted by Gasteiger charge is -2.26. The van der Waals surface area contributed by atoms with E-state index in [2.05, 4.69) is 5.09 Å². The zero-order valence-electron chi connectivity index (χ0n) is 12.6. The molecule has 3 atom stereocenters. The third-order valence-electron chi connectivity index (χ3n) is 3.52. The number of rotatable bonds is 6. The summed E-state index contributed by atoms with van der Waals surface area (Å²) >= 11 is 0. The lowest BCUT2D eigenvalue weighted by atomic mass is 10.2. The average molecular weight is 342 g/mol. The van der Waals surface area contributed by atoms with E-state index in [0.29, 0.717) is 19.4 Å². The standard InChI is InChI=1S/C14H19N2O6P/c1-10(13(17)16-9-5-8-12(16)14(18)19)15-23(20,21)22-11-6-3-2-4-7-11/h2-4,6-7,10,12H,5,8-9H2,1H3,(H,18,19)(H2,15,20,21)/t10-,12-/m0/s1. The summed E-state index contributed by atoms with van der Waals surface area (Å²) in [6.07, 6.45) is 0.970. The molecule has 0 bridgehead atoms. The number of amides is 1.